The summed E-state index contributed by atoms with van der Waals surface area (Å²) in [7, 11) is 1.69. The first-order chi connectivity index (χ1) is 9.39. The van der Waals surface area contributed by atoms with Crippen LogP contribution in [0.3, 0.4) is 0 Å². The number of aliphatic hydroxyl groups is 1. The largest absolute Gasteiger partial charge is 0.496 e. The zero-order valence-electron chi connectivity index (χ0n) is 13.4. The Labute approximate surface area is 122 Å². The first-order valence-corrected chi connectivity index (χ1v) is 7.60. The van der Waals surface area contributed by atoms with E-state index >= 15 is 0 Å². The summed E-state index contributed by atoms with van der Waals surface area (Å²) < 4.78 is 5.46. The summed E-state index contributed by atoms with van der Waals surface area (Å²) in [6.45, 7) is 8.45. The minimum atomic E-state index is -0.629. The van der Waals surface area contributed by atoms with Crippen LogP contribution >= 0.6 is 0 Å². The lowest BCUT2D eigenvalue weighted by atomic mass is 9.68. The van der Waals surface area contributed by atoms with Crippen LogP contribution in [-0.4, -0.2) is 22.8 Å². The molecule has 1 N–H and O–H groups in total. The zero-order valence-corrected chi connectivity index (χ0v) is 13.4. The molecule has 1 aliphatic carbocycles. The summed E-state index contributed by atoms with van der Waals surface area (Å²) in [6.07, 6.45) is 5.66. The third kappa shape index (κ3) is 2.69. The van der Waals surface area contributed by atoms with E-state index in [0.717, 1.165) is 35.4 Å². The molecule has 1 aliphatic rings. The molecule has 0 spiro atoms. The van der Waals surface area contributed by atoms with E-state index in [1.54, 1.807) is 7.11 Å². The van der Waals surface area contributed by atoms with Crippen molar-refractivity contribution in [2.75, 3.05) is 7.11 Å². The van der Waals surface area contributed by atoms with Gasteiger partial charge in [-0.3, -0.25) is 4.98 Å². The number of nitrogens with zero attached hydrogens (tertiary/aromatic N) is 1. The third-order valence-corrected chi connectivity index (χ3v) is 5.19. The normalized spacial score (nSPS) is 30.3. The molecule has 3 atom stereocenters. The Morgan fingerprint density at radius 1 is 1.40 bits per heavy atom. The maximum atomic E-state index is 11.0. The van der Waals surface area contributed by atoms with Gasteiger partial charge in [-0.25, -0.2) is 0 Å². The van der Waals surface area contributed by atoms with Gasteiger partial charge in [-0.15, -0.1) is 0 Å². The van der Waals surface area contributed by atoms with Crippen LogP contribution in [0.15, 0.2) is 6.20 Å². The molecule has 0 saturated heterocycles. The monoisotopic (exact) mass is 277 g/mol. The lowest BCUT2D eigenvalue weighted by Crippen LogP contribution is -2.45. The van der Waals surface area contributed by atoms with Crippen LogP contribution in [0.2, 0.25) is 0 Å². The van der Waals surface area contributed by atoms with Gasteiger partial charge in [-0.05, 0) is 32.1 Å². The van der Waals surface area contributed by atoms with Crippen molar-refractivity contribution in [3.63, 3.8) is 0 Å². The summed E-state index contributed by atoms with van der Waals surface area (Å²) in [6, 6.07) is 0. The van der Waals surface area contributed by atoms with Gasteiger partial charge in [0.15, 0.2) is 0 Å². The average molecular weight is 277 g/mol. The summed E-state index contributed by atoms with van der Waals surface area (Å²) >= 11 is 0. The van der Waals surface area contributed by atoms with Gasteiger partial charge in [-0.2, -0.15) is 0 Å². The predicted molar refractivity (Wildman–Crippen MR) is 81.1 cm³/mol. The number of methoxy groups -OCH3 is 1. The fourth-order valence-electron chi connectivity index (χ4n) is 3.53. The van der Waals surface area contributed by atoms with Crippen LogP contribution in [0.4, 0.5) is 0 Å². The van der Waals surface area contributed by atoms with Gasteiger partial charge in [0.2, 0.25) is 0 Å². The Hall–Kier alpha value is -1.09. The third-order valence-electron chi connectivity index (χ3n) is 5.19. The van der Waals surface area contributed by atoms with Gasteiger partial charge in [-0.1, -0.05) is 26.7 Å². The molecule has 3 heteroatoms. The lowest BCUT2D eigenvalue weighted by Gasteiger charge is -2.42. The molecule has 0 amide bonds. The number of hydrogen-bond acceptors (Lipinski definition) is 3. The predicted octanol–water partition coefficient (Wildman–Crippen LogP) is 3.44. The van der Waals surface area contributed by atoms with E-state index in [9.17, 15) is 5.11 Å². The standard InChI is InChI=1S/C17H27NO2/c1-11-7-6-8-17(19,14(11)4)9-15-13(3)16(20-5)12(2)10-18-15/h10-11,14,19H,6-9H2,1-5H3. The van der Waals surface area contributed by atoms with Crippen molar-refractivity contribution in [2.45, 2.75) is 59.0 Å². The molecule has 1 aromatic rings. The molecule has 1 fully saturated rings. The van der Waals surface area contributed by atoms with Crippen molar-refractivity contribution in [1.29, 1.82) is 0 Å². The highest BCUT2D eigenvalue weighted by molar-refractivity contribution is 5.41. The summed E-state index contributed by atoms with van der Waals surface area (Å²) in [5, 5.41) is 11.0. The van der Waals surface area contributed by atoms with Crippen molar-refractivity contribution in [2.24, 2.45) is 11.8 Å². The number of rotatable bonds is 3. The van der Waals surface area contributed by atoms with E-state index in [0.29, 0.717) is 18.3 Å². The van der Waals surface area contributed by atoms with Gasteiger partial charge in [0.25, 0.3) is 0 Å². The van der Waals surface area contributed by atoms with E-state index < -0.39 is 5.60 Å². The van der Waals surface area contributed by atoms with Gasteiger partial charge in [0.1, 0.15) is 5.75 Å². The maximum Gasteiger partial charge on any atom is 0.128 e. The molecule has 1 saturated carbocycles. The second-order valence-corrected chi connectivity index (χ2v) is 6.48. The zero-order chi connectivity index (χ0) is 14.9. The van der Waals surface area contributed by atoms with Crippen molar-refractivity contribution in [3.05, 3.63) is 23.0 Å². The Balaban J connectivity index is 2.29. The number of pyridine rings is 1. The molecule has 2 rings (SSSR count). The van der Waals surface area contributed by atoms with Crippen molar-refractivity contribution in [3.8, 4) is 5.75 Å². The fraction of sp³-hybridized carbons (Fsp3) is 0.706. The molecule has 3 unspecified atom stereocenters. The Kier molecular flexibility index (Phi) is 4.38. The Bertz CT molecular complexity index is 486. The fourth-order valence-corrected chi connectivity index (χ4v) is 3.53. The van der Waals surface area contributed by atoms with Crippen LogP contribution < -0.4 is 4.74 Å². The lowest BCUT2D eigenvalue weighted by molar-refractivity contribution is -0.0628. The minimum Gasteiger partial charge on any atom is -0.496 e. The first kappa shape index (κ1) is 15.3. The molecule has 0 radical (unpaired) electrons. The Morgan fingerprint density at radius 2 is 2.10 bits per heavy atom. The molecule has 1 aromatic heterocycles. The smallest absolute Gasteiger partial charge is 0.128 e. The molecule has 112 valence electrons. The highest BCUT2D eigenvalue weighted by Gasteiger charge is 2.40. The number of aryl methyl sites for hydroxylation is 1. The molecule has 0 aliphatic heterocycles. The van der Waals surface area contributed by atoms with Crippen LogP contribution in [-0.2, 0) is 6.42 Å². The second kappa shape index (κ2) is 5.72. The van der Waals surface area contributed by atoms with Crippen LogP contribution in [0, 0.1) is 25.7 Å². The summed E-state index contributed by atoms with van der Waals surface area (Å²) in [5.41, 5.74) is 2.45. The number of aromatic nitrogens is 1. The molecule has 3 nitrogen and oxygen atoms in total. The minimum absolute atomic E-state index is 0.310. The molecule has 20 heavy (non-hydrogen) atoms. The van der Waals surface area contributed by atoms with E-state index in [2.05, 4.69) is 18.8 Å². The first-order valence-electron chi connectivity index (χ1n) is 7.60. The highest BCUT2D eigenvalue weighted by Crippen LogP contribution is 2.40. The van der Waals surface area contributed by atoms with Gasteiger partial charge >= 0.3 is 0 Å². The van der Waals surface area contributed by atoms with Crippen LogP contribution in [0.1, 0.15) is 49.9 Å². The molecular weight excluding hydrogens is 250 g/mol. The van der Waals surface area contributed by atoms with E-state index in [4.69, 9.17) is 4.74 Å². The topological polar surface area (TPSA) is 42.4 Å². The quantitative estimate of drug-likeness (QED) is 0.920. The van der Waals surface area contributed by atoms with Gasteiger partial charge < -0.3 is 9.84 Å². The second-order valence-electron chi connectivity index (χ2n) is 6.48. The Morgan fingerprint density at radius 3 is 2.75 bits per heavy atom. The van der Waals surface area contributed by atoms with E-state index in [1.165, 1.54) is 6.42 Å². The van der Waals surface area contributed by atoms with Crippen molar-refractivity contribution < 1.29 is 9.84 Å². The average Bonchev–Trinajstić information content (AvgIpc) is 2.40. The van der Waals surface area contributed by atoms with Crippen LogP contribution in [0.5, 0.6) is 5.75 Å². The van der Waals surface area contributed by atoms with Crippen molar-refractivity contribution >= 4 is 0 Å². The van der Waals surface area contributed by atoms with Gasteiger partial charge in [0.05, 0.1) is 12.7 Å². The molecule has 0 aromatic carbocycles. The maximum absolute atomic E-state index is 11.0. The highest BCUT2D eigenvalue weighted by atomic mass is 16.5. The molecule has 0 bridgehead atoms. The van der Waals surface area contributed by atoms with Crippen molar-refractivity contribution in [1.82, 2.24) is 4.98 Å². The van der Waals surface area contributed by atoms with E-state index in [1.807, 2.05) is 20.0 Å². The number of hydrogen-bond donors (Lipinski definition) is 1. The molecule has 1 heterocycles. The SMILES string of the molecule is COc1c(C)cnc(CC2(O)CCCC(C)C2C)c1C. The van der Waals surface area contributed by atoms with E-state index in [-0.39, 0.29) is 0 Å². The summed E-state index contributed by atoms with van der Waals surface area (Å²) in [5.74, 6) is 1.78. The molecular formula is C17H27NO2. The van der Waals surface area contributed by atoms with Crippen LogP contribution in [0.25, 0.3) is 0 Å². The van der Waals surface area contributed by atoms with Gasteiger partial charge in [0, 0.05) is 29.4 Å². The number of ether oxygens (including phenoxy) is 1. The summed E-state index contributed by atoms with van der Waals surface area (Å²) in [4.78, 5) is 4.55.